The average Bonchev–Trinajstić information content (AvgIpc) is 3.28. The molecule has 0 aliphatic heterocycles. The van der Waals surface area contributed by atoms with E-state index in [4.69, 9.17) is 5.10 Å². The van der Waals surface area contributed by atoms with Gasteiger partial charge in [0, 0.05) is 23.5 Å². The van der Waals surface area contributed by atoms with Crippen LogP contribution in [0, 0.1) is 0 Å². The lowest BCUT2D eigenvalue weighted by molar-refractivity contribution is 0.355. The minimum absolute atomic E-state index is 0.0440. The number of nitrogens with zero attached hydrogens (tertiary/aromatic N) is 4. The zero-order valence-electron chi connectivity index (χ0n) is 20.5. The molecule has 0 radical (unpaired) electrons. The fourth-order valence-corrected chi connectivity index (χ4v) is 4.50. The van der Waals surface area contributed by atoms with Crippen molar-refractivity contribution in [2.45, 2.75) is 110 Å². The van der Waals surface area contributed by atoms with Gasteiger partial charge in [0.2, 0.25) is 0 Å². The van der Waals surface area contributed by atoms with Crippen molar-refractivity contribution in [3.63, 3.8) is 0 Å². The van der Waals surface area contributed by atoms with Crippen LogP contribution in [-0.4, -0.2) is 19.6 Å². The number of benzene rings is 1. The molecule has 3 aromatic rings. The molecular formula is C27H40N4. The molecule has 2 atom stereocenters. The van der Waals surface area contributed by atoms with Crippen LogP contribution in [0.5, 0.6) is 0 Å². The van der Waals surface area contributed by atoms with Crippen LogP contribution < -0.4 is 0 Å². The molecule has 2 heterocycles. The smallest absolute Gasteiger partial charge is 0.0734 e. The van der Waals surface area contributed by atoms with E-state index in [-0.39, 0.29) is 5.54 Å². The second-order valence-electron chi connectivity index (χ2n) is 11.1. The minimum Gasteiger partial charge on any atom is -0.267 e. The highest BCUT2D eigenvalue weighted by molar-refractivity contribution is 5.84. The molecule has 0 N–H and O–H groups in total. The molecule has 0 spiro atoms. The molecule has 1 unspecified atom stereocenters. The number of rotatable bonds is 8. The summed E-state index contributed by atoms with van der Waals surface area (Å²) in [7, 11) is 0. The first-order valence-electron chi connectivity index (χ1n) is 12.2. The van der Waals surface area contributed by atoms with Crippen LogP contribution >= 0.6 is 0 Å². The van der Waals surface area contributed by atoms with Crippen LogP contribution in [-0.2, 0) is 5.54 Å². The van der Waals surface area contributed by atoms with Crippen molar-refractivity contribution in [3.05, 3.63) is 47.4 Å². The van der Waals surface area contributed by atoms with Gasteiger partial charge < -0.3 is 0 Å². The summed E-state index contributed by atoms with van der Waals surface area (Å²) in [5, 5.41) is 11.1. The van der Waals surface area contributed by atoms with Crippen LogP contribution in [0.15, 0.2) is 30.6 Å². The van der Waals surface area contributed by atoms with E-state index in [9.17, 15) is 0 Å². The summed E-state index contributed by atoms with van der Waals surface area (Å²) in [5.74, 6) is 1.77. The average molecular weight is 421 g/mol. The molecule has 0 bridgehead atoms. The summed E-state index contributed by atoms with van der Waals surface area (Å²) >= 11 is 0. The van der Waals surface area contributed by atoms with E-state index in [0.29, 0.717) is 23.8 Å². The van der Waals surface area contributed by atoms with Crippen molar-refractivity contribution in [1.82, 2.24) is 19.6 Å². The minimum atomic E-state index is 0.0440. The van der Waals surface area contributed by atoms with Gasteiger partial charge in [-0.05, 0) is 88.5 Å². The zero-order valence-corrected chi connectivity index (χ0v) is 20.5. The second kappa shape index (κ2) is 8.44. The maximum Gasteiger partial charge on any atom is 0.0734 e. The maximum absolute atomic E-state index is 5.14. The van der Waals surface area contributed by atoms with Crippen molar-refractivity contribution in [3.8, 4) is 0 Å². The Morgan fingerprint density at radius 2 is 1.77 bits per heavy atom. The Labute approximate surface area is 188 Å². The molecule has 1 fully saturated rings. The normalized spacial score (nSPS) is 16.9. The highest BCUT2D eigenvalue weighted by Crippen LogP contribution is 2.43. The SMILES string of the molecule is CC(C)c1ccc2c(c1)c(C1CC1)nn2[C@H](C)CCCC(C)c1cnn(C(C)(C)C)c1. The van der Waals surface area contributed by atoms with Gasteiger partial charge in [-0.1, -0.05) is 33.3 Å². The highest BCUT2D eigenvalue weighted by Gasteiger charge is 2.30. The van der Waals surface area contributed by atoms with Gasteiger partial charge in [-0.3, -0.25) is 9.36 Å². The predicted octanol–water partition coefficient (Wildman–Crippen LogP) is 7.52. The van der Waals surface area contributed by atoms with Crippen LogP contribution in [0.4, 0.5) is 0 Å². The van der Waals surface area contributed by atoms with E-state index in [1.165, 1.54) is 53.4 Å². The van der Waals surface area contributed by atoms with E-state index in [1.807, 2.05) is 0 Å². The molecular weight excluding hydrogens is 380 g/mol. The van der Waals surface area contributed by atoms with E-state index in [0.717, 1.165) is 6.42 Å². The molecule has 2 aromatic heterocycles. The van der Waals surface area contributed by atoms with Crippen molar-refractivity contribution < 1.29 is 0 Å². The first kappa shape index (κ1) is 22.1. The summed E-state index contributed by atoms with van der Waals surface area (Å²) in [6.07, 6.45) is 10.4. The molecule has 1 saturated carbocycles. The topological polar surface area (TPSA) is 35.6 Å². The predicted molar refractivity (Wildman–Crippen MR) is 130 cm³/mol. The molecule has 4 heteroatoms. The largest absolute Gasteiger partial charge is 0.267 e. The molecule has 1 aliphatic rings. The zero-order chi connectivity index (χ0) is 22.3. The third-order valence-corrected chi connectivity index (χ3v) is 6.93. The van der Waals surface area contributed by atoms with Crippen LogP contribution in [0.3, 0.4) is 0 Å². The lowest BCUT2D eigenvalue weighted by Crippen LogP contribution is -2.21. The number of hydrogen-bond acceptors (Lipinski definition) is 2. The Morgan fingerprint density at radius 3 is 2.39 bits per heavy atom. The van der Waals surface area contributed by atoms with Crippen LogP contribution in [0.2, 0.25) is 0 Å². The summed E-state index contributed by atoms with van der Waals surface area (Å²) < 4.78 is 4.40. The van der Waals surface area contributed by atoms with Gasteiger partial charge >= 0.3 is 0 Å². The number of aromatic nitrogens is 4. The maximum atomic E-state index is 5.14. The summed E-state index contributed by atoms with van der Waals surface area (Å²) in [6, 6.07) is 7.43. The van der Waals surface area contributed by atoms with Gasteiger partial charge in [0.05, 0.1) is 22.9 Å². The monoisotopic (exact) mass is 420 g/mol. The lowest BCUT2D eigenvalue weighted by atomic mass is 9.97. The van der Waals surface area contributed by atoms with Crippen LogP contribution in [0.1, 0.15) is 121 Å². The fourth-order valence-electron chi connectivity index (χ4n) is 4.50. The number of fused-ring (bicyclic) bond motifs is 1. The molecule has 1 aliphatic carbocycles. The third-order valence-electron chi connectivity index (χ3n) is 6.93. The standard InChI is InChI=1S/C27H40N4/c1-18(2)22-13-14-25-24(15-22)26(21-11-12-21)29-31(25)20(4)10-8-9-19(3)23-16-28-30(17-23)27(5,6)7/h13-21H,8-12H2,1-7H3/t19?,20-/m1/s1. The lowest BCUT2D eigenvalue weighted by Gasteiger charge is -2.19. The Hall–Kier alpha value is -2.10. The van der Waals surface area contributed by atoms with Gasteiger partial charge in [-0.15, -0.1) is 0 Å². The van der Waals surface area contributed by atoms with Crippen molar-refractivity contribution in [2.75, 3.05) is 0 Å². The van der Waals surface area contributed by atoms with E-state index in [1.54, 1.807) is 0 Å². The van der Waals surface area contributed by atoms with E-state index < -0.39 is 0 Å². The Bertz CT molecular complexity index is 1030. The summed E-state index contributed by atoms with van der Waals surface area (Å²) in [5.41, 5.74) is 5.48. The van der Waals surface area contributed by atoms with Gasteiger partial charge in [-0.2, -0.15) is 10.2 Å². The van der Waals surface area contributed by atoms with Gasteiger partial charge in [0.15, 0.2) is 0 Å². The third kappa shape index (κ3) is 4.73. The van der Waals surface area contributed by atoms with E-state index in [2.05, 4.69) is 93.5 Å². The van der Waals surface area contributed by atoms with Crippen molar-refractivity contribution in [1.29, 1.82) is 0 Å². The Morgan fingerprint density at radius 1 is 1.03 bits per heavy atom. The molecule has 4 rings (SSSR count). The molecule has 168 valence electrons. The molecule has 1 aromatic carbocycles. The fraction of sp³-hybridized carbons (Fsp3) is 0.630. The van der Waals surface area contributed by atoms with Crippen molar-refractivity contribution in [2.24, 2.45) is 0 Å². The molecule has 0 saturated heterocycles. The molecule has 4 nitrogen and oxygen atoms in total. The summed E-state index contributed by atoms with van der Waals surface area (Å²) in [4.78, 5) is 0. The highest BCUT2D eigenvalue weighted by atomic mass is 15.3. The van der Waals surface area contributed by atoms with Gasteiger partial charge in [0.1, 0.15) is 0 Å². The van der Waals surface area contributed by atoms with Gasteiger partial charge in [0.25, 0.3) is 0 Å². The van der Waals surface area contributed by atoms with Crippen LogP contribution in [0.25, 0.3) is 10.9 Å². The van der Waals surface area contributed by atoms with E-state index >= 15 is 0 Å². The Kier molecular flexibility index (Phi) is 6.02. The van der Waals surface area contributed by atoms with Crippen molar-refractivity contribution >= 4 is 10.9 Å². The first-order valence-corrected chi connectivity index (χ1v) is 12.2. The quantitative estimate of drug-likeness (QED) is 0.378. The molecule has 0 amide bonds. The summed E-state index contributed by atoms with van der Waals surface area (Å²) in [6.45, 7) is 15.8. The van der Waals surface area contributed by atoms with Gasteiger partial charge in [-0.25, -0.2) is 0 Å². The molecule has 31 heavy (non-hydrogen) atoms. The second-order valence-corrected chi connectivity index (χ2v) is 11.1. The Balaban J connectivity index is 1.44. The first-order chi connectivity index (χ1) is 14.6. The number of hydrogen-bond donors (Lipinski definition) is 0.